The van der Waals surface area contributed by atoms with Crippen LogP contribution in [0.5, 0.6) is 0 Å². The number of nitrogens with zero attached hydrogens (tertiary/aromatic N) is 2. The summed E-state index contributed by atoms with van der Waals surface area (Å²) in [7, 11) is 1.66. The Hall–Kier alpha value is -1.37. The third-order valence-electron chi connectivity index (χ3n) is 3.34. The molecule has 0 aliphatic heterocycles. The lowest BCUT2D eigenvalue weighted by Gasteiger charge is -2.12. The van der Waals surface area contributed by atoms with Crippen molar-refractivity contribution in [3.05, 3.63) is 44.4 Å². The second-order valence-electron chi connectivity index (χ2n) is 5.54. The van der Waals surface area contributed by atoms with Crippen molar-refractivity contribution in [1.29, 1.82) is 0 Å². The van der Waals surface area contributed by atoms with Crippen LogP contribution in [0.1, 0.15) is 32.5 Å². The normalized spacial score (nSPS) is 11.1. The second kappa shape index (κ2) is 7.68. The molecule has 1 heterocycles. The highest BCUT2D eigenvalue weighted by atomic mass is 35.5. The van der Waals surface area contributed by atoms with E-state index in [1.54, 1.807) is 29.8 Å². The summed E-state index contributed by atoms with van der Waals surface area (Å²) < 4.78 is 8.27. The molecule has 0 unspecified atom stereocenters. The molecular formula is C16H18Cl2N2O3S. The van der Waals surface area contributed by atoms with Gasteiger partial charge in [-0.1, -0.05) is 35.0 Å². The van der Waals surface area contributed by atoms with E-state index in [2.05, 4.69) is 0 Å². The zero-order chi connectivity index (χ0) is 18.0. The van der Waals surface area contributed by atoms with Crippen molar-refractivity contribution < 1.29 is 9.53 Å². The first-order valence-electron chi connectivity index (χ1n) is 7.28. The van der Waals surface area contributed by atoms with Crippen LogP contribution in [-0.2, 0) is 23.2 Å². The van der Waals surface area contributed by atoms with E-state index in [1.807, 2.05) is 13.8 Å². The van der Waals surface area contributed by atoms with E-state index >= 15 is 0 Å². The van der Waals surface area contributed by atoms with Gasteiger partial charge in [-0.25, -0.2) is 4.79 Å². The van der Waals surface area contributed by atoms with Crippen LogP contribution in [0, 0.1) is 0 Å². The molecule has 0 atom stereocenters. The predicted molar refractivity (Wildman–Crippen MR) is 96.1 cm³/mol. The number of esters is 1. The molecular weight excluding hydrogens is 371 g/mol. The molecule has 0 amide bonds. The lowest BCUT2D eigenvalue weighted by atomic mass is 10.4. The number of carbonyl (C=O) groups excluding carboxylic acids is 1. The van der Waals surface area contributed by atoms with Crippen molar-refractivity contribution in [2.24, 2.45) is 7.05 Å². The third kappa shape index (κ3) is 4.18. The summed E-state index contributed by atoms with van der Waals surface area (Å²) in [5.74, 6) is -0.401. The van der Waals surface area contributed by atoms with E-state index in [0.29, 0.717) is 20.8 Å². The lowest BCUT2D eigenvalue weighted by molar-refractivity contribution is -0.142. The summed E-state index contributed by atoms with van der Waals surface area (Å²) in [6.07, 6.45) is 0. The topological polar surface area (TPSA) is 53.2 Å². The predicted octanol–water partition coefficient (Wildman–Crippen LogP) is 4.29. The fourth-order valence-corrected chi connectivity index (χ4v) is 4.19. The highest BCUT2D eigenvalue weighted by Gasteiger charge is 2.21. The van der Waals surface area contributed by atoms with Gasteiger partial charge in [0.2, 0.25) is 0 Å². The summed E-state index contributed by atoms with van der Waals surface area (Å²) in [5, 5.41) is 1.74. The van der Waals surface area contributed by atoms with Crippen molar-refractivity contribution in [3.8, 4) is 0 Å². The number of halogens is 2. The van der Waals surface area contributed by atoms with Crippen molar-refractivity contribution in [1.82, 2.24) is 9.13 Å². The quantitative estimate of drug-likeness (QED) is 0.716. The zero-order valence-corrected chi connectivity index (χ0v) is 16.1. The Balaban J connectivity index is 2.54. The Morgan fingerprint density at radius 2 is 1.83 bits per heavy atom. The van der Waals surface area contributed by atoms with Crippen molar-refractivity contribution in [2.75, 3.05) is 0 Å². The minimum absolute atomic E-state index is 0.0252. The van der Waals surface area contributed by atoms with E-state index in [9.17, 15) is 9.59 Å². The van der Waals surface area contributed by atoms with E-state index in [1.165, 1.54) is 23.3 Å². The number of benzene rings is 1. The fourth-order valence-electron chi connectivity index (χ4n) is 2.24. The van der Waals surface area contributed by atoms with Crippen LogP contribution < -0.4 is 5.69 Å². The number of ether oxygens (including phenoxy) is 1. The lowest BCUT2D eigenvalue weighted by Crippen LogP contribution is -2.24. The minimum atomic E-state index is -0.401. The standard InChI is InChI=1S/C16H18Cl2N2O3S/c1-9(2)20-15(24-13-6-11(17)5-12(18)7-13)14(8-23-10(3)21)19(4)16(20)22/h5-7,9H,8H2,1-4H3. The average molecular weight is 389 g/mol. The number of hydrogen-bond donors (Lipinski definition) is 0. The maximum Gasteiger partial charge on any atom is 0.329 e. The molecule has 1 aromatic carbocycles. The van der Waals surface area contributed by atoms with Crippen LogP contribution in [0.15, 0.2) is 32.9 Å². The third-order valence-corrected chi connectivity index (χ3v) is 4.88. The first kappa shape index (κ1) is 19.0. The molecule has 2 rings (SSSR count). The molecule has 1 aromatic heterocycles. The van der Waals surface area contributed by atoms with Crippen LogP contribution in [-0.4, -0.2) is 15.1 Å². The van der Waals surface area contributed by atoms with Crippen molar-refractivity contribution in [3.63, 3.8) is 0 Å². The Morgan fingerprint density at radius 1 is 1.25 bits per heavy atom. The van der Waals surface area contributed by atoms with Gasteiger partial charge < -0.3 is 4.74 Å². The van der Waals surface area contributed by atoms with Crippen LogP contribution in [0.2, 0.25) is 10.0 Å². The maximum absolute atomic E-state index is 12.5. The molecule has 0 saturated heterocycles. The monoisotopic (exact) mass is 388 g/mol. The van der Waals surface area contributed by atoms with Gasteiger partial charge in [-0.3, -0.25) is 13.9 Å². The number of aromatic nitrogens is 2. The highest BCUT2D eigenvalue weighted by molar-refractivity contribution is 7.99. The number of hydrogen-bond acceptors (Lipinski definition) is 4. The first-order chi connectivity index (χ1) is 11.2. The molecule has 8 heteroatoms. The van der Waals surface area contributed by atoms with Gasteiger partial charge in [0.25, 0.3) is 0 Å². The van der Waals surface area contributed by atoms with Gasteiger partial charge in [0.15, 0.2) is 0 Å². The number of carbonyl (C=O) groups is 1. The summed E-state index contributed by atoms with van der Waals surface area (Å²) in [5.41, 5.74) is 0.466. The molecule has 130 valence electrons. The molecule has 0 fully saturated rings. The summed E-state index contributed by atoms with van der Waals surface area (Å²) in [4.78, 5) is 24.5. The molecule has 0 aliphatic rings. The smallest absolute Gasteiger partial charge is 0.329 e. The van der Waals surface area contributed by atoms with Crippen molar-refractivity contribution >= 4 is 40.9 Å². The largest absolute Gasteiger partial charge is 0.459 e. The summed E-state index contributed by atoms with van der Waals surface area (Å²) >= 11 is 13.5. The summed E-state index contributed by atoms with van der Waals surface area (Å²) in [6.45, 7) is 5.20. The molecule has 0 radical (unpaired) electrons. The Morgan fingerprint density at radius 3 is 2.33 bits per heavy atom. The Kier molecular flexibility index (Phi) is 6.06. The second-order valence-corrected chi connectivity index (χ2v) is 7.48. The first-order valence-corrected chi connectivity index (χ1v) is 8.85. The number of imidazole rings is 1. The average Bonchev–Trinajstić information content (AvgIpc) is 2.67. The molecule has 0 bridgehead atoms. The Bertz CT molecular complexity index is 807. The molecule has 24 heavy (non-hydrogen) atoms. The van der Waals surface area contributed by atoms with E-state index in [4.69, 9.17) is 27.9 Å². The molecule has 0 aliphatic carbocycles. The van der Waals surface area contributed by atoms with E-state index in [-0.39, 0.29) is 18.3 Å². The Labute approximate surface area is 154 Å². The van der Waals surface area contributed by atoms with Gasteiger partial charge >= 0.3 is 11.7 Å². The SMILES string of the molecule is CC(=O)OCc1c(Sc2cc(Cl)cc(Cl)c2)n(C(C)C)c(=O)n1C. The van der Waals surface area contributed by atoms with Gasteiger partial charge in [0.05, 0.1) is 5.69 Å². The van der Waals surface area contributed by atoms with Gasteiger partial charge in [0, 0.05) is 35.0 Å². The fraction of sp³-hybridized carbons (Fsp3) is 0.375. The van der Waals surface area contributed by atoms with Crippen molar-refractivity contribution in [2.45, 2.75) is 43.3 Å². The van der Waals surface area contributed by atoms with E-state index < -0.39 is 5.97 Å². The van der Waals surface area contributed by atoms with Gasteiger partial charge in [-0.05, 0) is 32.0 Å². The molecule has 0 spiro atoms. The maximum atomic E-state index is 12.5. The van der Waals surface area contributed by atoms with Crippen LogP contribution in [0.4, 0.5) is 0 Å². The van der Waals surface area contributed by atoms with Gasteiger partial charge in [-0.2, -0.15) is 0 Å². The van der Waals surface area contributed by atoms with E-state index in [0.717, 1.165) is 4.90 Å². The van der Waals surface area contributed by atoms with Crippen LogP contribution in [0.25, 0.3) is 0 Å². The summed E-state index contributed by atoms with van der Waals surface area (Å²) in [6, 6.07) is 5.14. The zero-order valence-electron chi connectivity index (χ0n) is 13.8. The highest BCUT2D eigenvalue weighted by Crippen LogP contribution is 2.35. The molecule has 2 aromatic rings. The molecule has 0 N–H and O–H groups in total. The van der Waals surface area contributed by atoms with Crippen LogP contribution in [0.3, 0.4) is 0 Å². The molecule has 0 saturated carbocycles. The van der Waals surface area contributed by atoms with Gasteiger partial charge in [-0.15, -0.1) is 0 Å². The van der Waals surface area contributed by atoms with Crippen LogP contribution >= 0.6 is 35.0 Å². The van der Waals surface area contributed by atoms with Gasteiger partial charge in [0.1, 0.15) is 11.6 Å². The minimum Gasteiger partial charge on any atom is -0.459 e. The molecule has 5 nitrogen and oxygen atoms in total. The number of rotatable bonds is 5.